The maximum Gasteiger partial charge on any atom is 0.306 e. The Bertz CT molecular complexity index is 406. The average Bonchev–Trinajstić information content (AvgIpc) is 2.68. The third-order valence-corrected chi connectivity index (χ3v) is 4.48. The molecular weight excluding hydrogens is 336 g/mol. The lowest BCUT2D eigenvalue weighted by molar-refractivity contribution is -0.151. The quantitative estimate of drug-likeness (QED) is 0.165. The van der Waals surface area contributed by atoms with E-state index in [4.69, 9.17) is 9.84 Å². The first kappa shape index (κ1) is 25.6. The van der Waals surface area contributed by atoms with Gasteiger partial charge >= 0.3 is 5.97 Å². The first-order chi connectivity index (χ1) is 13.2. The largest absolute Gasteiger partial charge is 0.460 e. The molecule has 0 fully saturated rings. The predicted octanol–water partition coefficient (Wildman–Crippen LogP) is 6.67. The molecule has 0 aromatic heterocycles. The molecule has 0 aromatic rings. The zero-order valence-electron chi connectivity index (χ0n) is 17.7. The van der Waals surface area contributed by atoms with Gasteiger partial charge in [0, 0.05) is 6.42 Å². The highest BCUT2D eigenvalue weighted by Crippen LogP contribution is 2.08. The number of allylic oxidation sites excluding steroid dienone is 6. The predicted molar refractivity (Wildman–Crippen MR) is 116 cm³/mol. The molecule has 0 spiro atoms. The van der Waals surface area contributed by atoms with Crippen LogP contribution >= 0.6 is 0 Å². The minimum atomic E-state index is -0.335. The number of aliphatic hydroxyl groups is 1. The van der Waals surface area contributed by atoms with Crippen LogP contribution in [-0.2, 0) is 9.53 Å². The minimum absolute atomic E-state index is 0.0838. The first-order valence-corrected chi connectivity index (χ1v) is 11.0. The maximum absolute atomic E-state index is 11.6. The van der Waals surface area contributed by atoms with Crippen molar-refractivity contribution in [2.45, 2.75) is 103 Å². The molecular formula is C24H42O3. The summed E-state index contributed by atoms with van der Waals surface area (Å²) in [5.41, 5.74) is 0. The van der Waals surface area contributed by atoms with Gasteiger partial charge in [0.25, 0.3) is 0 Å². The van der Waals surface area contributed by atoms with Gasteiger partial charge in [-0.2, -0.15) is 0 Å². The molecule has 0 saturated heterocycles. The minimum Gasteiger partial charge on any atom is -0.460 e. The fourth-order valence-electron chi connectivity index (χ4n) is 2.67. The van der Waals surface area contributed by atoms with Gasteiger partial charge < -0.3 is 9.84 Å². The van der Waals surface area contributed by atoms with Crippen molar-refractivity contribution in [3.05, 3.63) is 36.5 Å². The second-order valence-electron chi connectivity index (χ2n) is 7.04. The van der Waals surface area contributed by atoms with Gasteiger partial charge in [0.05, 0.1) is 6.61 Å². The van der Waals surface area contributed by atoms with E-state index in [1.54, 1.807) is 0 Å². The molecule has 0 aliphatic rings. The number of aliphatic hydroxyl groups excluding tert-OH is 1. The van der Waals surface area contributed by atoms with Gasteiger partial charge in [0.2, 0.25) is 0 Å². The zero-order chi connectivity index (χ0) is 20.0. The highest BCUT2D eigenvalue weighted by Gasteiger charge is 2.10. The summed E-state index contributed by atoms with van der Waals surface area (Å²) in [5.74, 6) is -0.182. The van der Waals surface area contributed by atoms with Crippen LogP contribution < -0.4 is 0 Å². The molecule has 27 heavy (non-hydrogen) atoms. The molecule has 0 saturated carbocycles. The van der Waals surface area contributed by atoms with Crippen molar-refractivity contribution in [2.24, 2.45) is 0 Å². The number of esters is 1. The summed E-state index contributed by atoms with van der Waals surface area (Å²) in [6.45, 7) is 4.06. The Hall–Kier alpha value is -1.35. The van der Waals surface area contributed by atoms with Crippen molar-refractivity contribution < 1.29 is 14.6 Å². The number of carbonyl (C=O) groups excluding carboxylic acids is 1. The van der Waals surface area contributed by atoms with Crippen molar-refractivity contribution in [1.82, 2.24) is 0 Å². The first-order valence-electron chi connectivity index (χ1n) is 11.0. The van der Waals surface area contributed by atoms with E-state index in [1.165, 1.54) is 32.1 Å². The standard InChI is InChI=1S/C24H42O3/c1-3-5-6-7-8-9-10-11-12-13-14-15-16-17-18-19-20-21-24(26)27-23(4-2)22-25/h8-9,11-12,14-15,23,25H,3-7,10,13,16-22H2,1-2H3/b9-8-,12-11-,15-14-. The summed E-state index contributed by atoms with van der Waals surface area (Å²) in [7, 11) is 0. The molecule has 0 rings (SSSR count). The summed E-state index contributed by atoms with van der Waals surface area (Å²) in [6.07, 6.45) is 26.9. The van der Waals surface area contributed by atoms with Crippen LogP contribution in [0.25, 0.3) is 0 Å². The monoisotopic (exact) mass is 378 g/mol. The summed E-state index contributed by atoms with van der Waals surface area (Å²) >= 11 is 0. The number of carbonyl (C=O) groups is 1. The van der Waals surface area contributed by atoms with Crippen LogP contribution in [0.3, 0.4) is 0 Å². The molecule has 0 heterocycles. The second kappa shape index (κ2) is 21.0. The molecule has 1 N–H and O–H groups in total. The van der Waals surface area contributed by atoms with Crippen LogP contribution in [0, 0.1) is 0 Å². The van der Waals surface area contributed by atoms with E-state index >= 15 is 0 Å². The topological polar surface area (TPSA) is 46.5 Å². The molecule has 3 heteroatoms. The lowest BCUT2D eigenvalue weighted by Crippen LogP contribution is -2.20. The van der Waals surface area contributed by atoms with Gasteiger partial charge in [-0.3, -0.25) is 4.79 Å². The van der Waals surface area contributed by atoms with E-state index in [2.05, 4.69) is 43.4 Å². The van der Waals surface area contributed by atoms with E-state index in [1.807, 2.05) is 6.92 Å². The highest BCUT2D eigenvalue weighted by atomic mass is 16.5. The fourth-order valence-corrected chi connectivity index (χ4v) is 2.67. The third-order valence-electron chi connectivity index (χ3n) is 4.48. The SMILES string of the molecule is CCCCC/C=C\C/C=C\C/C=C\CCCCCCC(=O)OC(CC)CO. The van der Waals surface area contributed by atoms with Crippen molar-refractivity contribution in [2.75, 3.05) is 6.61 Å². The summed E-state index contributed by atoms with van der Waals surface area (Å²) in [5, 5.41) is 9.00. The van der Waals surface area contributed by atoms with Gasteiger partial charge in [0.15, 0.2) is 0 Å². The Labute approximate surface area is 167 Å². The molecule has 0 aliphatic heterocycles. The van der Waals surface area contributed by atoms with Crippen LogP contribution in [0.2, 0.25) is 0 Å². The Morgan fingerprint density at radius 3 is 1.93 bits per heavy atom. The number of unbranched alkanes of at least 4 members (excludes halogenated alkanes) is 7. The molecule has 0 aliphatic carbocycles. The van der Waals surface area contributed by atoms with E-state index in [9.17, 15) is 4.79 Å². The van der Waals surface area contributed by atoms with Gasteiger partial charge in [0.1, 0.15) is 6.10 Å². The zero-order valence-corrected chi connectivity index (χ0v) is 17.7. The smallest absolute Gasteiger partial charge is 0.306 e. The molecule has 0 radical (unpaired) electrons. The van der Waals surface area contributed by atoms with Crippen molar-refractivity contribution in [3.63, 3.8) is 0 Å². The van der Waals surface area contributed by atoms with E-state index in [-0.39, 0.29) is 18.7 Å². The lowest BCUT2D eigenvalue weighted by atomic mass is 10.1. The Morgan fingerprint density at radius 2 is 1.37 bits per heavy atom. The fraction of sp³-hybridized carbons (Fsp3) is 0.708. The van der Waals surface area contributed by atoms with Crippen LogP contribution in [-0.4, -0.2) is 23.8 Å². The van der Waals surface area contributed by atoms with Crippen LogP contribution in [0.1, 0.15) is 97.3 Å². The van der Waals surface area contributed by atoms with Crippen LogP contribution in [0.15, 0.2) is 36.5 Å². The normalized spacial score (nSPS) is 13.1. The van der Waals surface area contributed by atoms with Gasteiger partial charge in [-0.05, 0) is 51.4 Å². The highest BCUT2D eigenvalue weighted by molar-refractivity contribution is 5.69. The van der Waals surface area contributed by atoms with Crippen molar-refractivity contribution in [3.8, 4) is 0 Å². The van der Waals surface area contributed by atoms with Gasteiger partial charge in [-0.25, -0.2) is 0 Å². The van der Waals surface area contributed by atoms with E-state index < -0.39 is 0 Å². The molecule has 0 amide bonds. The Morgan fingerprint density at radius 1 is 0.815 bits per heavy atom. The molecule has 1 atom stereocenters. The van der Waals surface area contributed by atoms with E-state index in [0.717, 1.165) is 38.5 Å². The van der Waals surface area contributed by atoms with Crippen LogP contribution in [0.5, 0.6) is 0 Å². The number of hydrogen-bond acceptors (Lipinski definition) is 3. The van der Waals surface area contributed by atoms with Crippen molar-refractivity contribution in [1.29, 1.82) is 0 Å². The second-order valence-corrected chi connectivity index (χ2v) is 7.04. The number of ether oxygens (including phenoxy) is 1. The molecule has 3 nitrogen and oxygen atoms in total. The molecule has 0 bridgehead atoms. The van der Waals surface area contributed by atoms with Crippen LogP contribution in [0.4, 0.5) is 0 Å². The van der Waals surface area contributed by atoms with Crippen molar-refractivity contribution >= 4 is 5.97 Å². The third kappa shape index (κ3) is 19.2. The Balaban J connectivity index is 3.42. The van der Waals surface area contributed by atoms with E-state index in [0.29, 0.717) is 12.8 Å². The summed E-state index contributed by atoms with van der Waals surface area (Å²) in [4.78, 5) is 11.6. The van der Waals surface area contributed by atoms with Gasteiger partial charge in [-0.1, -0.05) is 76.0 Å². The maximum atomic E-state index is 11.6. The Kier molecular flexibility index (Phi) is 19.9. The number of hydrogen-bond donors (Lipinski definition) is 1. The molecule has 1 unspecified atom stereocenters. The molecule has 0 aromatic carbocycles. The number of rotatable bonds is 18. The average molecular weight is 379 g/mol. The summed E-state index contributed by atoms with van der Waals surface area (Å²) < 4.78 is 5.17. The molecule has 156 valence electrons. The lowest BCUT2D eigenvalue weighted by Gasteiger charge is -2.12. The van der Waals surface area contributed by atoms with Gasteiger partial charge in [-0.15, -0.1) is 0 Å². The summed E-state index contributed by atoms with van der Waals surface area (Å²) in [6, 6.07) is 0.